The summed E-state index contributed by atoms with van der Waals surface area (Å²) >= 11 is 0. The van der Waals surface area contributed by atoms with Gasteiger partial charge >= 0.3 is 13.7 Å². The van der Waals surface area contributed by atoms with E-state index in [4.69, 9.17) is 9.05 Å². The molecule has 0 aliphatic carbocycles. The molecule has 3 atom stereocenters. The highest BCUT2D eigenvalue weighted by Crippen LogP contribution is 2.53. The summed E-state index contributed by atoms with van der Waals surface area (Å²) in [6.07, 6.45) is 2.30. The van der Waals surface area contributed by atoms with E-state index in [9.17, 15) is 14.5 Å². The highest BCUT2D eigenvalue weighted by atomic mass is 31.2. The minimum atomic E-state index is -3.64. The molecule has 0 aromatic heterocycles. The lowest BCUT2D eigenvalue weighted by atomic mass is 10.0. The molecule has 1 aliphatic heterocycles. The molecule has 0 amide bonds. The summed E-state index contributed by atoms with van der Waals surface area (Å²) in [6, 6.07) is 17.5. The van der Waals surface area contributed by atoms with E-state index in [2.05, 4.69) is 5.32 Å². The van der Waals surface area contributed by atoms with Crippen LogP contribution in [0.2, 0.25) is 0 Å². The number of rotatable bonds is 9. The van der Waals surface area contributed by atoms with Gasteiger partial charge in [0.05, 0.1) is 6.17 Å². The number of aliphatic carboxylic acids is 1. The van der Waals surface area contributed by atoms with Crippen LogP contribution in [0.25, 0.3) is 0 Å². The van der Waals surface area contributed by atoms with Crippen molar-refractivity contribution < 1.29 is 23.5 Å². The van der Waals surface area contributed by atoms with Gasteiger partial charge in [0.2, 0.25) is 0 Å². The Bertz CT molecular complexity index is 833. The van der Waals surface area contributed by atoms with Crippen LogP contribution in [0.4, 0.5) is 0 Å². The minimum absolute atomic E-state index is 0.331. The first kappa shape index (κ1) is 21.5. The molecule has 0 bridgehead atoms. The highest BCUT2D eigenvalue weighted by Gasteiger charge is 2.42. The second-order valence-corrected chi connectivity index (χ2v) is 8.98. The monoisotopic (exact) mass is 418 g/mol. The van der Waals surface area contributed by atoms with Gasteiger partial charge in [-0.15, -0.1) is 0 Å². The van der Waals surface area contributed by atoms with Crippen molar-refractivity contribution in [2.45, 2.75) is 37.9 Å². The summed E-state index contributed by atoms with van der Waals surface area (Å²) in [5.74, 6) is -0.503. The first-order valence-corrected chi connectivity index (χ1v) is 11.2. The summed E-state index contributed by atoms with van der Waals surface area (Å²) in [5, 5.41) is 12.9. The predicted octanol–water partition coefficient (Wildman–Crippen LogP) is 3.92. The zero-order valence-electron chi connectivity index (χ0n) is 16.4. The molecule has 3 rings (SSSR count). The zero-order valence-corrected chi connectivity index (χ0v) is 17.3. The van der Waals surface area contributed by atoms with Crippen LogP contribution in [0.3, 0.4) is 0 Å². The summed E-state index contributed by atoms with van der Waals surface area (Å²) in [4.78, 5) is 11.9. The molecule has 0 saturated carbocycles. The van der Waals surface area contributed by atoms with E-state index in [1.54, 1.807) is 28.9 Å². The molecule has 156 valence electrons. The second kappa shape index (κ2) is 10.0. The fourth-order valence-electron chi connectivity index (χ4n) is 3.49. The Morgan fingerprint density at radius 3 is 2.45 bits per heavy atom. The number of carboxylic acid groups (broad SMARTS) is 1. The molecule has 1 heterocycles. The van der Waals surface area contributed by atoms with E-state index < -0.39 is 25.9 Å². The van der Waals surface area contributed by atoms with Gasteiger partial charge in [-0.1, -0.05) is 48.5 Å². The van der Waals surface area contributed by atoms with Crippen molar-refractivity contribution in [3.63, 3.8) is 0 Å². The van der Waals surface area contributed by atoms with Crippen LogP contribution in [-0.4, -0.2) is 41.6 Å². The maximum absolute atomic E-state index is 13.5. The van der Waals surface area contributed by atoms with Gasteiger partial charge in [0.15, 0.2) is 0 Å². The molecule has 7 nitrogen and oxygen atoms in total. The topological polar surface area (TPSA) is 88.1 Å². The van der Waals surface area contributed by atoms with Crippen LogP contribution in [0, 0.1) is 0 Å². The average molecular weight is 418 g/mol. The first-order chi connectivity index (χ1) is 14.0. The van der Waals surface area contributed by atoms with Crippen molar-refractivity contribution in [3.05, 3.63) is 66.2 Å². The summed E-state index contributed by atoms with van der Waals surface area (Å²) in [6.45, 7) is 0.493. The number of nitrogens with zero attached hydrogens (tertiary/aromatic N) is 1. The summed E-state index contributed by atoms with van der Waals surface area (Å²) in [5.41, 5.74) is 0.921. The maximum atomic E-state index is 13.5. The van der Waals surface area contributed by atoms with Gasteiger partial charge in [0, 0.05) is 13.7 Å². The number of carboxylic acids is 1. The third-order valence-electron chi connectivity index (χ3n) is 4.96. The number of carbonyl (C=O) groups is 1. The molecule has 29 heavy (non-hydrogen) atoms. The lowest BCUT2D eigenvalue weighted by molar-refractivity contribution is -0.140. The quantitative estimate of drug-likeness (QED) is 0.597. The van der Waals surface area contributed by atoms with E-state index in [-0.39, 0.29) is 0 Å². The van der Waals surface area contributed by atoms with Crippen LogP contribution in [0.15, 0.2) is 60.7 Å². The van der Waals surface area contributed by atoms with Gasteiger partial charge in [0.25, 0.3) is 0 Å². The fourth-order valence-corrected chi connectivity index (χ4v) is 5.17. The standard InChI is InChI=1S/C21H27N2O5P/c1-27-29(26,28-18-12-6-3-7-13-18)23-15-9-8-14-20(23)22-19(21(24)25)16-17-10-4-2-5-11-17/h2-7,10-13,19-20,22H,8-9,14-16H2,1H3,(H,24,25)/t19-,20?,29?/m0/s1. The summed E-state index contributed by atoms with van der Waals surface area (Å²) in [7, 11) is -2.29. The molecule has 0 spiro atoms. The lowest BCUT2D eigenvalue weighted by Gasteiger charge is -2.39. The van der Waals surface area contributed by atoms with Gasteiger partial charge in [-0.25, -0.2) is 4.57 Å². The van der Waals surface area contributed by atoms with Crippen molar-refractivity contribution in [1.82, 2.24) is 9.99 Å². The van der Waals surface area contributed by atoms with Crippen molar-refractivity contribution in [2.24, 2.45) is 0 Å². The van der Waals surface area contributed by atoms with Crippen LogP contribution in [-0.2, 0) is 20.3 Å². The molecular formula is C21H27N2O5P. The number of benzene rings is 2. The first-order valence-electron chi connectivity index (χ1n) is 9.72. The SMILES string of the molecule is COP(=O)(Oc1ccccc1)N1CCCCC1N[C@@H](Cc1ccccc1)C(=O)O. The highest BCUT2D eigenvalue weighted by molar-refractivity contribution is 7.51. The fraction of sp³-hybridized carbons (Fsp3) is 0.381. The molecule has 0 radical (unpaired) electrons. The number of nitrogens with one attached hydrogen (secondary N) is 1. The Morgan fingerprint density at radius 1 is 1.17 bits per heavy atom. The van der Waals surface area contributed by atoms with Crippen LogP contribution >= 0.6 is 7.75 Å². The van der Waals surface area contributed by atoms with E-state index in [1.165, 1.54) is 7.11 Å². The molecule has 8 heteroatoms. The van der Waals surface area contributed by atoms with Crippen LogP contribution in [0.5, 0.6) is 5.75 Å². The van der Waals surface area contributed by atoms with E-state index in [0.717, 1.165) is 18.4 Å². The zero-order chi connectivity index (χ0) is 20.7. The number of para-hydroxylation sites is 1. The molecule has 2 N–H and O–H groups in total. The van der Waals surface area contributed by atoms with Crippen molar-refractivity contribution in [3.8, 4) is 5.75 Å². The Labute approximate surface area is 171 Å². The largest absolute Gasteiger partial charge is 0.480 e. The van der Waals surface area contributed by atoms with Crippen molar-refractivity contribution >= 4 is 13.7 Å². The molecule has 1 saturated heterocycles. The maximum Gasteiger partial charge on any atom is 0.462 e. The third-order valence-corrected chi connectivity index (χ3v) is 6.97. The number of hydrogen-bond acceptors (Lipinski definition) is 5. The Morgan fingerprint density at radius 2 is 1.83 bits per heavy atom. The van der Waals surface area contributed by atoms with Gasteiger partial charge < -0.3 is 9.63 Å². The van der Waals surface area contributed by atoms with Crippen LogP contribution < -0.4 is 9.84 Å². The van der Waals surface area contributed by atoms with Gasteiger partial charge in [-0.3, -0.25) is 14.6 Å². The van der Waals surface area contributed by atoms with Gasteiger partial charge in [-0.05, 0) is 43.4 Å². The predicted molar refractivity (Wildman–Crippen MR) is 111 cm³/mol. The van der Waals surface area contributed by atoms with Crippen molar-refractivity contribution in [2.75, 3.05) is 13.7 Å². The molecular weight excluding hydrogens is 391 g/mol. The Kier molecular flexibility index (Phi) is 7.45. The molecule has 1 fully saturated rings. The van der Waals surface area contributed by atoms with E-state index >= 15 is 0 Å². The van der Waals surface area contributed by atoms with E-state index in [0.29, 0.717) is 25.1 Å². The Hall–Kier alpha value is -2.18. The van der Waals surface area contributed by atoms with Gasteiger partial charge in [-0.2, -0.15) is 4.67 Å². The third kappa shape index (κ3) is 5.67. The molecule has 2 aromatic carbocycles. The van der Waals surface area contributed by atoms with E-state index in [1.807, 2.05) is 36.4 Å². The van der Waals surface area contributed by atoms with Crippen LogP contribution in [0.1, 0.15) is 24.8 Å². The lowest BCUT2D eigenvalue weighted by Crippen LogP contribution is -2.54. The number of hydrogen-bond donors (Lipinski definition) is 2. The molecule has 2 unspecified atom stereocenters. The van der Waals surface area contributed by atoms with Crippen molar-refractivity contribution in [1.29, 1.82) is 0 Å². The summed E-state index contributed by atoms with van der Waals surface area (Å²) < 4.78 is 26.3. The normalized spacial score (nSPS) is 20.5. The smallest absolute Gasteiger partial charge is 0.462 e. The Balaban J connectivity index is 1.78. The molecule has 1 aliphatic rings. The average Bonchev–Trinajstić information content (AvgIpc) is 2.75. The van der Waals surface area contributed by atoms with Gasteiger partial charge in [0.1, 0.15) is 11.8 Å². The molecule has 2 aromatic rings. The minimum Gasteiger partial charge on any atom is -0.480 e. The number of piperidine rings is 1. The second-order valence-electron chi connectivity index (χ2n) is 6.98.